The van der Waals surface area contributed by atoms with E-state index in [4.69, 9.17) is 4.98 Å². The summed E-state index contributed by atoms with van der Waals surface area (Å²) in [5, 5.41) is 4.50. The molecule has 2 rings (SSSR count). The van der Waals surface area contributed by atoms with Gasteiger partial charge in [-0.05, 0) is 19.4 Å². The Morgan fingerprint density at radius 1 is 1.32 bits per heavy atom. The fourth-order valence-corrected chi connectivity index (χ4v) is 3.12. The van der Waals surface area contributed by atoms with Crippen LogP contribution in [0.15, 0.2) is 12.4 Å². The molecule has 2 heterocycles. The molecular formula is C14H22N4S. The molecule has 0 unspecified atom stereocenters. The third-order valence-electron chi connectivity index (χ3n) is 2.99. The van der Waals surface area contributed by atoms with Gasteiger partial charge in [-0.15, -0.1) is 11.3 Å². The number of rotatable bonds is 7. The first-order chi connectivity index (χ1) is 9.26. The number of nitrogens with one attached hydrogen (secondary N) is 1. The van der Waals surface area contributed by atoms with Crippen LogP contribution in [0.5, 0.6) is 0 Å². The molecule has 19 heavy (non-hydrogen) atoms. The van der Waals surface area contributed by atoms with Crippen LogP contribution in [0.2, 0.25) is 0 Å². The first kappa shape index (κ1) is 14.2. The quantitative estimate of drug-likeness (QED) is 0.792. The third-order valence-corrected chi connectivity index (χ3v) is 4.08. The Hall–Kier alpha value is -1.20. The first-order valence-electron chi connectivity index (χ1n) is 6.93. The Balaban J connectivity index is 2.22. The summed E-state index contributed by atoms with van der Waals surface area (Å²) >= 11 is 1.76. The highest BCUT2D eigenvalue weighted by atomic mass is 32.1. The lowest BCUT2D eigenvalue weighted by atomic mass is 10.2. The van der Waals surface area contributed by atoms with Crippen molar-refractivity contribution in [2.24, 2.45) is 7.05 Å². The largest absolute Gasteiger partial charge is 0.332 e. The van der Waals surface area contributed by atoms with Crippen molar-refractivity contribution < 1.29 is 0 Å². The van der Waals surface area contributed by atoms with Gasteiger partial charge in [0.05, 0.1) is 5.69 Å². The maximum absolute atomic E-state index is 4.78. The lowest BCUT2D eigenvalue weighted by molar-refractivity contribution is 0.674. The summed E-state index contributed by atoms with van der Waals surface area (Å²) in [5.74, 6) is 0.962. The molecular weight excluding hydrogens is 256 g/mol. The molecule has 0 aliphatic heterocycles. The minimum Gasteiger partial charge on any atom is -0.332 e. The molecule has 2 aromatic rings. The lowest BCUT2D eigenvalue weighted by Crippen LogP contribution is -2.13. The number of hydrogen-bond donors (Lipinski definition) is 1. The fraction of sp³-hybridized carbons (Fsp3) is 0.571. The summed E-state index contributed by atoms with van der Waals surface area (Å²) in [6, 6.07) is 0. The average Bonchev–Trinajstić information content (AvgIpc) is 2.97. The molecule has 0 bridgehead atoms. The summed E-state index contributed by atoms with van der Waals surface area (Å²) in [6.45, 7) is 6.36. The van der Waals surface area contributed by atoms with Crippen LogP contribution in [-0.4, -0.2) is 21.1 Å². The second-order valence-electron chi connectivity index (χ2n) is 4.68. The molecule has 2 aromatic heterocycles. The summed E-state index contributed by atoms with van der Waals surface area (Å²) in [4.78, 5) is 10.5. The van der Waals surface area contributed by atoms with Crippen molar-refractivity contribution in [2.45, 2.75) is 39.7 Å². The van der Waals surface area contributed by atoms with Crippen molar-refractivity contribution in [2.75, 3.05) is 6.54 Å². The van der Waals surface area contributed by atoms with Gasteiger partial charge in [0.1, 0.15) is 0 Å². The highest BCUT2D eigenvalue weighted by molar-refractivity contribution is 7.15. The Morgan fingerprint density at radius 2 is 2.16 bits per heavy atom. The Bertz CT molecular complexity index is 515. The zero-order valence-electron chi connectivity index (χ0n) is 11.9. The Morgan fingerprint density at radius 3 is 2.79 bits per heavy atom. The predicted molar refractivity (Wildman–Crippen MR) is 80.3 cm³/mol. The van der Waals surface area contributed by atoms with E-state index in [-0.39, 0.29) is 0 Å². The molecule has 0 fully saturated rings. The molecule has 0 saturated heterocycles. The molecule has 0 aliphatic rings. The molecule has 0 spiro atoms. The van der Waals surface area contributed by atoms with Crippen molar-refractivity contribution in [3.8, 4) is 10.8 Å². The van der Waals surface area contributed by atoms with E-state index >= 15 is 0 Å². The van der Waals surface area contributed by atoms with Gasteiger partial charge >= 0.3 is 0 Å². The average molecular weight is 278 g/mol. The number of hydrogen-bond acceptors (Lipinski definition) is 4. The monoisotopic (exact) mass is 278 g/mol. The van der Waals surface area contributed by atoms with Crippen molar-refractivity contribution in [1.82, 2.24) is 19.9 Å². The standard InChI is InChI=1S/C14H22N4S/c1-4-6-11-12(10-15-7-5-2)19-14(17-11)13-16-8-9-18(13)3/h8-9,15H,4-7,10H2,1-3H3. The van der Waals surface area contributed by atoms with Crippen molar-refractivity contribution in [1.29, 1.82) is 0 Å². The molecule has 5 heteroatoms. The summed E-state index contributed by atoms with van der Waals surface area (Å²) < 4.78 is 2.03. The van der Waals surface area contributed by atoms with Crippen molar-refractivity contribution in [3.63, 3.8) is 0 Å². The Kier molecular flexibility index (Phi) is 5.10. The van der Waals surface area contributed by atoms with Crippen LogP contribution in [0.25, 0.3) is 10.8 Å². The van der Waals surface area contributed by atoms with Crippen LogP contribution in [0, 0.1) is 0 Å². The van der Waals surface area contributed by atoms with E-state index < -0.39 is 0 Å². The zero-order valence-corrected chi connectivity index (χ0v) is 12.8. The minimum absolute atomic E-state index is 0.922. The Labute approximate surface area is 118 Å². The van der Waals surface area contributed by atoms with Gasteiger partial charge < -0.3 is 9.88 Å². The van der Waals surface area contributed by atoms with Crippen molar-refractivity contribution >= 4 is 11.3 Å². The van der Waals surface area contributed by atoms with E-state index in [1.807, 2.05) is 24.0 Å². The second kappa shape index (κ2) is 6.82. The van der Waals surface area contributed by atoms with E-state index in [0.29, 0.717) is 0 Å². The van der Waals surface area contributed by atoms with Crippen LogP contribution in [0.1, 0.15) is 37.3 Å². The van der Waals surface area contributed by atoms with Gasteiger partial charge in [0, 0.05) is 30.9 Å². The summed E-state index contributed by atoms with van der Waals surface area (Å²) in [6.07, 6.45) is 7.12. The second-order valence-corrected chi connectivity index (χ2v) is 5.76. The van der Waals surface area contributed by atoms with Crippen LogP contribution in [-0.2, 0) is 20.0 Å². The van der Waals surface area contributed by atoms with Gasteiger partial charge in [-0.25, -0.2) is 9.97 Å². The first-order valence-corrected chi connectivity index (χ1v) is 7.74. The normalized spacial score (nSPS) is 11.1. The van der Waals surface area contributed by atoms with Gasteiger partial charge in [-0.1, -0.05) is 20.3 Å². The van der Waals surface area contributed by atoms with Gasteiger partial charge in [-0.2, -0.15) is 0 Å². The topological polar surface area (TPSA) is 42.7 Å². The van der Waals surface area contributed by atoms with Crippen LogP contribution in [0.4, 0.5) is 0 Å². The predicted octanol–water partition coefficient (Wildman–Crippen LogP) is 3.00. The third kappa shape index (κ3) is 3.42. The number of imidazole rings is 1. The molecule has 0 aromatic carbocycles. The van der Waals surface area contributed by atoms with Gasteiger partial charge in [-0.3, -0.25) is 0 Å². The molecule has 0 aliphatic carbocycles. The minimum atomic E-state index is 0.922. The van der Waals surface area contributed by atoms with E-state index in [9.17, 15) is 0 Å². The number of aromatic nitrogens is 3. The molecule has 0 atom stereocenters. The number of aryl methyl sites for hydroxylation is 2. The van der Waals surface area contributed by atoms with Crippen molar-refractivity contribution in [3.05, 3.63) is 23.0 Å². The van der Waals surface area contributed by atoms with E-state index in [1.165, 1.54) is 10.6 Å². The maximum Gasteiger partial charge on any atom is 0.168 e. The SMILES string of the molecule is CCCNCc1sc(-c2nccn2C)nc1CCC. The summed E-state index contributed by atoms with van der Waals surface area (Å²) in [5.41, 5.74) is 1.23. The highest BCUT2D eigenvalue weighted by Gasteiger charge is 2.14. The number of thiazole rings is 1. The molecule has 0 saturated carbocycles. The number of nitrogens with zero attached hydrogens (tertiary/aromatic N) is 3. The molecule has 0 amide bonds. The zero-order chi connectivity index (χ0) is 13.7. The maximum atomic E-state index is 4.78. The summed E-state index contributed by atoms with van der Waals surface area (Å²) in [7, 11) is 2.01. The highest BCUT2D eigenvalue weighted by Crippen LogP contribution is 2.27. The van der Waals surface area contributed by atoms with E-state index in [2.05, 4.69) is 24.1 Å². The van der Waals surface area contributed by atoms with Gasteiger partial charge in [0.25, 0.3) is 0 Å². The molecule has 0 radical (unpaired) electrons. The fourth-order valence-electron chi connectivity index (χ4n) is 2.00. The van der Waals surface area contributed by atoms with E-state index in [0.717, 1.165) is 43.2 Å². The van der Waals surface area contributed by atoms with Crippen LogP contribution in [0.3, 0.4) is 0 Å². The molecule has 104 valence electrons. The van der Waals surface area contributed by atoms with E-state index in [1.54, 1.807) is 11.3 Å². The van der Waals surface area contributed by atoms with Gasteiger partial charge in [0.15, 0.2) is 10.8 Å². The smallest absolute Gasteiger partial charge is 0.168 e. The van der Waals surface area contributed by atoms with Crippen LogP contribution >= 0.6 is 11.3 Å². The lowest BCUT2D eigenvalue weighted by Gasteiger charge is -2.02. The molecule has 1 N–H and O–H groups in total. The molecule has 4 nitrogen and oxygen atoms in total. The van der Waals surface area contributed by atoms with Crippen LogP contribution < -0.4 is 5.32 Å². The van der Waals surface area contributed by atoms with Gasteiger partial charge in [0.2, 0.25) is 0 Å².